The molecule has 0 bridgehead atoms. The van der Waals surface area contributed by atoms with E-state index in [-0.39, 0.29) is 23.2 Å². The van der Waals surface area contributed by atoms with Crippen molar-refractivity contribution in [1.29, 1.82) is 0 Å². The van der Waals surface area contributed by atoms with E-state index in [4.69, 9.17) is 4.74 Å². The Labute approximate surface area is 84.3 Å². The van der Waals surface area contributed by atoms with Crippen molar-refractivity contribution in [3.63, 3.8) is 0 Å². The molecule has 0 radical (unpaired) electrons. The van der Waals surface area contributed by atoms with Crippen molar-refractivity contribution in [2.45, 2.75) is 13.8 Å². The molecule has 0 saturated carbocycles. The number of hydrogen-bond acceptors (Lipinski definition) is 5. The molecule has 0 unspecified atom stereocenters. The van der Waals surface area contributed by atoms with E-state index in [0.717, 1.165) is 4.52 Å². The predicted molar refractivity (Wildman–Crippen MR) is 51.2 cm³/mol. The largest absolute Gasteiger partial charge is 0.493 e. The number of ether oxygens (including phenoxy) is 1. The summed E-state index contributed by atoms with van der Waals surface area (Å²) in [6.07, 6.45) is 0. The summed E-state index contributed by atoms with van der Waals surface area (Å²) in [6.45, 7) is 3.70. The predicted octanol–water partition coefficient (Wildman–Crippen LogP) is -0.170. The van der Waals surface area contributed by atoms with Gasteiger partial charge in [0.05, 0.1) is 12.2 Å². The smallest absolute Gasteiger partial charge is 0.337 e. The average Bonchev–Trinajstić information content (AvgIpc) is 2.58. The number of aromatic amines is 1. The van der Waals surface area contributed by atoms with Gasteiger partial charge in [-0.3, -0.25) is 9.78 Å². The molecular formula is C8H10N4O3. The fourth-order valence-corrected chi connectivity index (χ4v) is 1.17. The van der Waals surface area contributed by atoms with Crippen LogP contribution in [0.5, 0.6) is 11.9 Å². The fourth-order valence-electron chi connectivity index (χ4n) is 1.17. The number of fused-ring (bicyclic) bond motifs is 1. The van der Waals surface area contributed by atoms with Crippen molar-refractivity contribution in [3.05, 3.63) is 15.9 Å². The molecule has 0 aliphatic rings. The van der Waals surface area contributed by atoms with Crippen LogP contribution in [-0.2, 0) is 0 Å². The Morgan fingerprint density at radius 1 is 1.60 bits per heavy atom. The highest BCUT2D eigenvalue weighted by Gasteiger charge is 2.12. The Balaban J connectivity index is 2.71. The molecule has 0 spiro atoms. The number of nitrogens with zero attached hydrogens (tertiary/aromatic N) is 3. The highest BCUT2D eigenvalue weighted by atomic mass is 16.5. The van der Waals surface area contributed by atoms with Crippen LogP contribution in [0.1, 0.15) is 12.5 Å². The number of aromatic hydroxyl groups is 1. The number of nitrogens with one attached hydrogen (secondary N) is 1. The van der Waals surface area contributed by atoms with Crippen molar-refractivity contribution in [3.8, 4) is 11.9 Å². The summed E-state index contributed by atoms with van der Waals surface area (Å²) >= 11 is 0. The zero-order valence-electron chi connectivity index (χ0n) is 8.31. The summed E-state index contributed by atoms with van der Waals surface area (Å²) in [5, 5.41) is 13.5. The van der Waals surface area contributed by atoms with Crippen LogP contribution in [0.4, 0.5) is 0 Å². The zero-order chi connectivity index (χ0) is 11.0. The number of H-pyrrole nitrogens is 1. The van der Waals surface area contributed by atoms with Gasteiger partial charge in [0, 0.05) is 0 Å². The highest BCUT2D eigenvalue weighted by molar-refractivity contribution is 5.36. The molecule has 0 amide bonds. The second-order valence-electron chi connectivity index (χ2n) is 2.97. The quantitative estimate of drug-likeness (QED) is 0.717. The summed E-state index contributed by atoms with van der Waals surface area (Å²) in [5.41, 5.74) is -0.203. The molecule has 0 fully saturated rings. The first-order chi connectivity index (χ1) is 7.13. The third kappa shape index (κ3) is 1.41. The summed E-state index contributed by atoms with van der Waals surface area (Å²) in [7, 11) is 0. The number of rotatable bonds is 2. The minimum Gasteiger partial charge on any atom is -0.493 e. The van der Waals surface area contributed by atoms with E-state index in [2.05, 4.69) is 15.1 Å². The lowest BCUT2D eigenvalue weighted by Gasteiger charge is -1.97. The summed E-state index contributed by atoms with van der Waals surface area (Å²) in [6, 6.07) is 0.119. The number of hydrogen-bond donors (Lipinski definition) is 2. The van der Waals surface area contributed by atoms with Crippen LogP contribution in [0.3, 0.4) is 0 Å². The standard InChI is InChI=1S/C8H10N4O3/c1-3-15-8-10-7-9-5(13)4(2)6(14)12(7)11-8/h14H,3H2,1-2H3,(H,9,10,11,13). The maximum absolute atomic E-state index is 11.3. The van der Waals surface area contributed by atoms with Crippen molar-refractivity contribution >= 4 is 5.78 Å². The van der Waals surface area contributed by atoms with E-state index in [9.17, 15) is 9.90 Å². The van der Waals surface area contributed by atoms with Gasteiger partial charge in [0.2, 0.25) is 11.7 Å². The van der Waals surface area contributed by atoms with E-state index in [1.54, 1.807) is 6.92 Å². The van der Waals surface area contributed by atoms with Crippen LogP contribution in [-0.4, -0.2) is 31.3 Å². The lowest BCUT2D eigenvalue weighted by molar-refractivity contribution is 0.311. The first-order valence-electron chi connectivity index (χ1n) is 4.45. The van der Waals surface area contributed by atoms with Gasteiger partial charge >= 0.3 is 6.01 Å². The second-order valence-corrected chi connectivity index (χ2v) is 2.97. The molecule has 2 aromatic heterocycles. The third-order valence-electron chi connectivity index (χ3n) is 1.96. The van der Waals surface area contributed by atoms with Gasteiger partial charge in [-0.25, -0.2) is 0 Å². The zero-order valence-corrected chi connectivity index (χ0v) is 8.31. The van der Waals surface area contributed by atoms with E-state index in [1.165, 1.54) is 6.92 Å². The fraction of sp³-hybridized carbons (Fsp3) is 0.375. The molecule has 7 heteroatoms. The van der Waals surface area contributed by atoms with Gasteiger partial charge in [0.1, 0.15) is 0 Å². The SMILES string of the molecule is CCOc1nc2[nH]c(=O)c(C)c(O)n2n1. The van der Waals surface area contributed by atoms with Gasteiger partial charge in [-0.1, -0.05) is 0 Å². The van der Waals surface area contributed by atoms with Crippen LogP contribution in [0.15, 0.2) is 4.79 Å². The van der Waals surface area contributed by atoms with E-state index in [1.807, 2.05) is 0 Å². The molecule has 15 heavy (non-hydrogen) atoms. The van der Waals surface area contributed by atoms with Gasteiger partial charge in [0.25, 0.3) is 5.56 Å². The molecule has 0 aromatic carbocycles. The van der Waals surface area contributed by atoms with Crippen molar-refractivity contribution in [1.82, 2.24) is 19.6 Å². The lowest BCUT2D eigenvalue weighted by atomic mass is 10.4. The summed E-state index contributed by atoms with van der Waals surface area (Å²) in [4.78, 5) is 17.6. The lowest BCUT2D eigenvalue weighted by Crippen LogP contribution is -2.12. The van der Waals surface area contributed by atoms with Crippen molar-refractivity contribution in [2.75, 3.05) is 6.61 Å². The van der Waals surface area contributed by atoms with Crippen LogP contribution in [0.2, 0.25) is 0 Å². The maximum atomic E-state index is 11.3. The van der Waals surface area contributed by atoms with Gasteiger partial charge in [0.15, 0.2) is 0 Å². The molecule has 0 atom stereocenters. The van der Waals surface area contributed by atoms with Crippen molar-refractivity contribution < 1.29 is 9.84 Å². The highest BCUT2D eigenvalue weighted by Crippen LogP contribution is 2.13. The second kappa shape index (κ2) is 3.26. The van der Waals surface area contributed by atoms with Crippen LogP contribution in [0.25, 0.3) is 5.78 Å². The van der Waals surface area contributed by atoms with Crippen LogP contribution >= 0.6 is 0 Å². The van der Waals surface area contributed by atoms with E-state index in [0.29, 0.717) is 6.61 Å². The Kier molecular flexibility index (Phi) is 2.07. The topological polar surface area (TPSA) is 92.5 Å². The molecule has 2 heterocycles. The normalized spacial score (nSPS) is 10.8. The molecule has 7 nitrogen and oxygen atoms in total. The Morgan fingerprint density at radius 3 is 3.00 bits per heavy atom. The minimum atomic E-state index is -0.393. The van der Waals surface area contributed by atoms with Crippen molar-refractivity contribution in [2.24, 2.45) is 0 Å². The molecule has 2 rings (SSSR count). The molecule has 0 aliphatic carbocycles. The van der Waals surface area contributed by atoms with E-state index >= 15 is 0 Å². The number of aromatic nitrogens is 4. The molecule has 0 saturated heterocycles. The molecule has 2 N–H and O–H groups in total. The average molecular weight is 210 g/mol. The Morgan fingerprint density at radius 2 is 2.33 bits per heavy atom. The Hall–Kier alpha value is -2.05. The summed E-state index contributed by atoms with van der Waals surface area (Å²) in [5.74, 6) is -0.0706. The van der Waals surface area contributed by atoms with Gasteiger partial charge in [-0.15, -0.1) is 5.10 Å². The molecular weight excluding hydrogens is 200 g/mol. The van der Waals surface area contributed by atoms with Gasteiger partial charge in [-0.2, -0.15) is 9.50 Å². The Bertz CT molecular complexity index is 557. The third-order valence-corrected chi connectivity index (χ3v) is 1.96. The monoisotopic (exact) mass is 210 g/mol. The minimum absolute atomic E-state index is 0.119. The first-order valence-corrected chi connectivity index (χ1v) is 4.45. The molecule has 0 aliphatic heterocycles. The van der Waals surface area contributed by atoms with E-state index < -0.39 is 5.56 Å². The first kappa shape index (κ1) is 9.50. The molecule has 80 valence electrons. The van der Waals surface area contributed by atoms with Crippen LogP contribution in [0, 0.1) is 6.92 Å². The van der Waals surface area contributed by atoms with Gasteiger partial charge in [-0.05, 0) is 13.8 Å². The molecule has 2 aromatic rings. The maximum Gasteiger partial charge on any atom is 0.337 e. The summed E-state index contributed by atoms with van der Waals surface area (Å²) < 4.78 is 6.18. The van der Waals surface area contributed by atoms with Crippen LogP contribution < -0.4 is 10.3 Å². The van der Waals surface area contributed by atoms with Gasteiger partial charge < -0.3 is 9.84 Å².